The lowest BCUT2D eigenvalue weighted by atomic mass is 9.95. The molecule has 2 aromatic rings. The summed E-state index contributed by atoms with van der Waals surface area (Å²) in [6.45, 7) is 6.69. The molecule has 2 aromatic carbocycles. The maximum atomic E-state index is 12.9. The first-order valence-electron chi connectivity index (χ1n) is 10.2. The third kappa shape index (κ3) is 5.09. The van der Waals surface area contributed by atoms with E-state index >= 15 is 0 Å². The van der Waals surface area contributed by atoms with E-state index in [-0.39, 0.29) is 30.6 Å². The Kier molecular flexibility index (Phi) is 7.36. The molecule has 1 aliphatic heterocycles. The Morgan fingerprint density at radius 2 is 1.74 bits per heavy atom. The van der Waals surface area contributed by atoms with E-state index in [1.54, 1.807) is 48.5 Å². The molecule has 31 heavy (non-hydrogen) atoms. The van der Waals surface area contributed by atoms with Gasteiger partial charge in [0.1, 0.15) is 11.5 Å². The van der Waals surface area contributed by atoms with Crippen molar-refractivity contribution in [2.75, 3.05) is 19.8 Å². The van der Waals surface area contributed by atoms with Gasteiger partial charge in [-0.2, -0.15) is 0 Å². The Hall–Kier alpha value is -2.83. The number of aliphatic hydroxyl groups is 1. The molecular formula is C24H26ClNO5. The number of likely N-dealkylation sites (tertiary alicyclic amines) is 1. The van der Waals surface area contributed by atoms with E-state index in [0.29, 0.717) is 28.5 Å². The second-order valence-electron chi connectivity index (χ2n) is 7.42. The standard InChI is InChI=1S/C24H26ClNO5/c1-4-30-19-11-7-17(8-12-19)22(27)20-21(16-5-9-18(25)10-6-16)26(24(29)23(20)28)13-14-31-15(2)3/h5-12,15,21,27H,4,13-14H2,1-3H3/b22-20-. The zero-order chi connectivity index (χ0) is 22.5. The number of carbonyl (C=O) groups excluding carboxylic acids is 2. The highest BCUT2D eigenvalue weighted by Crippen LogP contribution is 2.39. The summed E-state index contributed by atoms with van der Waals surface area (Å²) in [5, 5.41) is 11.6. The zero-order valence-electron chi connectivity index (χ0n) is 17.8. The van der Waals surface area contributed by atoms with Crippen LogP contribution < -0.4 is 4.74 Å². The summed E-state index contributed by atoms with van der Waals surface area (Å²) < 4.78 is 11.0. The largest absolute Gasteiger partial charge is 0.507 e. The van der Waals surface area contributed by atoms with Crippen LogP contribution in [-0.2, 0) is 14.3 Å². The number of hydrogen-bond acceptors (Lipinski definition) is 5. The molecule has 0 aromatic heterocycles. The smallest absolute Gasteiger partial charge is 0.295 e. The first kappa shape index (κ1) is 22.8. The normalized spacial score (nSPS) is 18.1. The second kappa shape index (κ2) is 9.98. The van der Waals surface area contributed by atoms with Crippen molar-refractivity contribution in [1.29, 1.82) is 0 Å². The van der Waals surface area contributed by atoms with Gasteiger partial charge in [0, 0.05) is 17.1 Å². The van der Waals surface area contributed by atoms with E-state index in [0.717, 1.165) is 0 Å². The van der Waals surface area contributed by atoms with E-state index < -0.39 is 17.7 Å². The van der Waals surface area contributed by atoms with E-state index in [9.17, 15) is 14.7 Å². The van der Waals surface area contributed by atoms with Crippen LogP contribution in [0, 0.1) is 0 Å². The van der Waals surface area contributed by atoms with Crippen molar-refractivity contribution in [3.8, 4) is 5.75 Å². The van der Waals surface area contributed by atoms with Crippen LogP contribution in [0.2, 0.25) is 5.02 Å². The third-order valence-electron chi connectivity index (χ3n) is 4.95. The molecule has 6 nitrogen and oxygen atoms in total. The molecule has 1 amide bonds. The second-order valence-corrected chi connectivity index (χ2v) is 7.86. The molecule has 0 bridgehead atoms. The Bertz CT molecular complexity index is 966. The fourth-order valence-corrected chi connectivity index (χ4v) is 3.65. The molecule has 1 saturated heterocycles. The Labute approximate surface area is 187 Å². The topological polar surface area (TPSA) is 76.1 Å². The first-order chi connectivity index (χ1) is 14.8. The predicted molar refractivity (Wildman–Crippen MR) is 119 cm³/mol. The Morgan fingerprint density at radius 3 is 2.32 bits per heavy atom. The summed E-state index contributed by atoms with van der Waals surface area (Å²) in [4.78, 5) is 27.2. The number of amides is 1. The minimum absolute atomic E-state index is 0.00495. The number of aliphatic hydroxyl groups excluding tert-OH is 1. The highest BCUT2D eigenvalue weighted by Gasteiger charge is 2.45. The summed E-state index contributed by atoms with van der Waals surface area (Å²) in [7, 11) is 0. The maximum absolute atomic E-state index is 12.9. The molecule has 0 saturated carbocycles. The van der Waals surface area contributed by atoms with E-state index in [4.69, 9.17) is 21.1 Å². The van der Waals surface area contributed by atoms with Crippen LogP contribution in [0.15, 0.2) is 54.1 Å². The number of hydrogen-bond donors (Lipinski definition) is 1. The van der Waals surface area contributed by atoms with Crippen molar-refractivity contribution < 1.29 is 24.2 Å². The summed E-state index contributed by atoms with van der Waals surface area (Å²) >= 11 is 6.03. The van der Waals surface area contributed by atoms with Crippen LogP contribution in [0.5, 0.6) is 5.75 Å². The van der Waals surface area contributed by atoms with Crippen LogP contribution in [0.4, 0.5) is 0 Å². The van der Waals surface area contributed by atoms with Crippen LogP contribution in [0.1, 0.15) is 37.9 Å². The molecule has 1 aliphatic rings. The number of benzene rings is 2. The summed E-state index contributed by atoms with van der Waals surface area (Å²) in [5.74, 6) is -0.969. The van der Waals surface area contributed by atoms with Gasteiger partial charge in [0.15, 0.2) is 0 Å². The van der Waals surface area contributed by atoms with Crippen molar-refractivity contribution in [3.63, 3.8) is 0 Å². The lowest BCUT2D eigenvalue weighted by molar-refractivity contribution is -0.140. The number of halogens is 1. The fraction of sp³-hybridized carbons (Fsp3) is 0.333. The van der Waals surface area contributed by atoms with Gasteiger partial charge >= 0.3 is 0 Å². The minimum atomic E-state index is -0.736. The van der Waals surface area contributed by atoms with Gasteiger partial charge < -0.3 is 19.5 Å². The van der Waals surface area contributed by atoms with Crippen molar-refractivity contribution >= 4 is 29.1 Å². The van der Waals surface area contributed by atoms with Crippen molar-refractivity contribution in [3.05, 3.63) is 70.3 Å². The Balaban J connectivity index is 2.04. The predicted octanol–water partition coefficient (Wildman–Crippen LogP) is 4.59. The van der Waals surface area contributed by atoms with Gasteiger partial charge in [0.05, 0.1) is 30.9 Å². The van der Waals surface area contributed by atoms with Crippen LogP contribution >= 0.6 is 11.6 Å². The lowest BCUT2D eigenvalue weighted by Crippen LogP contribution is -2.33. The molecule has 0 spiro atoms. The van der Waals surface area contributed by atoms with Crippen LogP contribution in [0.25, 0.3) is 5.76 Å². The summed E-state index contributed by atoms with van der Waals surface area (Å²) in [6, 6.07) is 12.9. The average molecular weight is 444 g/mol. The van der Waals surface area contributed by atoms with Gasteiger partial charge in [-0.05, 0) is 62.7 Å². The van der Waals surface area contributed by atoms with Gasteiger partial charge in [-0.1, -0.05) is 23.7 Å². The molecule has 0 radical (unpaired) electrons. The van der Waals surface area contributed by atoms with Gasteiger partial charge in [0.2, 0.25) is 0 Å². The quantitative estimate of drug-likeness (QED) is 0.367. The first-order valence-corrected chi connectivity index (χ1v) is 10.6. The number of carbonyl (C=O) groups is 2. The zero-order valence-corrected chi connectivity index (χ0v) is 18.6. The average Bonchev–Trinajstić information content (AvgIpc) is 2.99. The number of ether oxygens (including phenoxy) is 2. The fourth-order valence-electron chi connectivity index (χ4n) is 3.52. The van der Waals surface area contributed by atoms with Gasteiger partial charge in [-0.25, -0.2) is 0 Å². The van der Waals surface area contributed by atoms with Gasteiger partial charge in [0.25, 0.3) is 11.7 Å². The van der Waals surface area contributed by atoms with Gasteiger partial charge in [-0.15, -0.1) is 0 Å². The molecule has 164 valence electrons. The number of Topliss-reactive ketones (excluding diaryl/α,β-unsaturated/α-hetero) is 1. The molecule has 1 heterocycles. The molecule has 1 atom stereocenters. The molecule has 1 N–H and O–H groups in total. The molecule has 0 aliphatic carbocycles. The van der Waals surface area contributed by atoms with Gasteiger partial charge in [-0.3, -0.25) is 9.59 Å². The summed E-state index contributed by atoms with van der Waals surface area (Å²) in [6.07, 6.45) is -0.00495. The number of rotatable bonds is 8. The number of ketones is 1. The van der Waals surface area contributed by atoms with E-state index in [2.05, 4.69) is 0 Å². The van der Waals surface area contributed by atoms with E-state index in [1.165, 1.54) is 4.90 Å². The lowest BCUT2D eigenvalue weighted by Gasteiger charge is -2.25. The highest BCUT2D eigenvalue weighted by atomic mass is 35.5. The van der Waals surface area contributed by atoms with Crippen LogP contribution in [0.3, 0.4) is 0 Å². The minimum Gasteiger partial charge on any atom is -0.507 e. The molecule has 1 fully saturated rings. The monoisotopic (exact) mass is 443 g/mol. The van der Waals surface area contributed by atoms with Crippen LogP contribution in [-0.4, -0.2) is 47.6 Å². The van der Waals surface area contributed by atoms with Crippen molar-refractivity contribution in [2.24, 2.45) is 0 Å². The Morgan fingerprint density at radius 1 is 1.10 bits per heavy atom. The number of nitrogens with zero attached hydrogens (tertiary/aromatic N) is 1. The maximum Gasteiger partial charge on any atom is 0.295 e. The molecule has 7 heteroatoms. The summed E-state index contributed by atoms with van der Waals surface area (Å²) in [5.41, 5.74) is 1.15. The highest BCUT2D eigenvalue weighted by molar-refractivity contribution is 6.46. The molecular weight excluding hydrogens is 418 g/mol. The molecule has 1 unspecified atom stereocenters. The van der Waals surface area contributed by atoms with Crippen molar-refractivity contribution in [1.82, 2.24) is 4.90 Å². The SMILES string of the molecule is CCOc1ccc(/C(O)=C2/C(=O)C(=O)N(CCOC(C)C)C2c2ccc(Cl)cc2)cc1. The third-order valence-corrected chi connectivity index (χ3v) is 5.20. The molecule has 3 rings (SSSR count). The van der Waals surface area contributed by atoms with E-state index in [1.807, 2.05) is 20.8 Å². The van der Waals surface area contributed by atoms with Crippen molar-refractivity contribution in [2.45, 2.75) is 32.9 Å².